The zero-order chi connectivity index (χ0) is 17.7. The molecule has 2 rings (SSSR count). The summed E-state index contributed by atoms with van der Waals surface area (Å²) >= 11 is 6.20. The van der Waals surface area contributed by atoms with Crippen LogP contribution in [0.3, 0.4) is 0 Å². The van der Waals surface area contributed by atoms with Crippen LogP contribution < -0.4 is 20.1 Å². The van der Waals surface area contributed by atoms with Gasteiger partial charge in [-0.2, -0.15) is 0 Å². The van der Waals surface area contributed by atoms with Gasteiger partial charge in [0.05, 0.1) is 31.2 Å². The Hall–Kier alpha value is -1.95. The minimum absolute atomic E-state index is 0.0611. The van der Waals surface area contributed by atoms with E-state index in [-0.39, 0.29) is 30.3 Å². The fourth-order valence-electron chi connectivity index (χ4n) is 2.28. The molecule has 0 bridgehead atoms. The molecule has 1 aliphatic rings. The highest BCUT2D eigenvalue weighted by molar-refractivity contribution is 6.32. The summed E-state index contributed by atoms with van der Waals surface area (Å²) in [5, 5.41) is 5.80. The summed E-state index contributed by atoms with van der Waals surface area (Å²) in [6, 6.07) is 3.44. The van der Waals surface area contributed by atoms with Crippen LogP contribution in [0.25, 0.3) is 0 Å². The number of carbonyl (C=O) groups is 2. The minimum atomic E-state index is -0.330. The fourth-order valence-corrected chi connectivity index (χ4v) is 2.56. The number of benzene rings is 1. The molecule has 1 aromatic rings. The van der Waals surface area contributed by atoms with Crippen LogP contribution >= 0.6 is 11.6 Å². The Labute approximate surface area is 146 Å². The van der Waals surface area contributed by atoms with Crippen LogP contribution in [0.4, 0.5) is 0 Å². The molecule has 2 amide bonds. The fraction of sp³-hybridized carbons (Fsp3) is 0.529. The Morgan fingerprint density at radius 3 is 2.58 bits per heavy atom. The highest BCUT2D eigenvalue weighted by Gasteiger charge is 2.18. The number of nitrogens with one attached hydrogen (secondary N) is 2. The Kier molecular flexibility index (Phi) is 5.94. The maximum Gasteiger partial charge on any atom is 0.239 e. The van der Waals surface area contributed by atoms with Crippen LogP contribution in [0.2, 0.25) is 5.02 Å². The maximum absolute atomic E-state index is 12.0. The maximum atomic E-state index is 12.0. The van der Waals surface area contributed by atoms with E-state index in [4.69, 9.17) is 21.1 Å². The number of hydrogen-bond acceptors (Lipinski definition) is 4. The summed E-state index contributed by atoms with van der Waals surface area (Å²) in [6.45, 7) is 6.68. The van der Waals surface area contributed by atoms with Crippen molar-refractivity contribution in [2.75, 3.05) is 19.8 Å². The van der Waals surface area contributed by atoms with Gasteiger partial charge in [0.25, 0.3) is 0 Å². The molecule has 0 atom stereocenters. The van der Waals surface area contributed by atoms with Crippen molar-refractivity contribution in [1.82, 2.24) is 10.6 Å². The van der Waals surface area contributed by atoms with E-state index in [0.717, 1.165) is 6.42 Å². The molecule has 0 aliphatic carbocycles. The minimum Gasteiger partial charge on any atom is -0.489 e. The average molecular weight is 355 g/mol. The summed E-state index contributed by atoms with van der Waals surface area (Å²) in [5.41, 5.74) is 0.377. The highest BCUT2D eigenvalue weighted by Crippen LogP contribution is 2.38. The standard InChI is InChI=1S/C17H23ClN2O4/c1-17(2,3)20-15(22)10-19-14(21)9-11-7-12(18)16-13(8-11)23-5-4-6-24-16/h7-8H,4-6,9-10H2,1-3H3,(H,19,21)(H,20,22). The Morgan fingerprint density at radius 1 is 1.17 bits per heavy atom. The number of ether oxygens (including phenoxy) is 2. The van der Waals surface area contributed by atoms with E-state index in [1.807, 2.05) is 20.8 Å². The largest absolute Gasteiger partial charge is 0.489 e. The van der Waals surface area contributed by atoms with Crippen molar-refractivity contribution < 1.29 is 19.1 Å². The molecule has 7 heteroatoms. The summed E-state index contributed by atoms with van der Waals surface area (Å²) in [5.74, 6) is 0.577. The van der Waals surface area contributed by atoms with Crippen LogP contribution in [0, 0.1) is 0 Å². The molecular weight excluding hydrogens is 332 g/mol. The second-order valence-electron chi connectivity index (χ2n) is 6.71. The van der Waals surface area contributed by atoms with Crippen molar-refractivity contribution in [3.63, 3.8) is 0 Å². The third-order valence-electron chi connectivity index (χ3n) is 3.19. The van der Waals surface area contributed by atoms with Gasteiger partial charge in [0.2, 0.25) is 11.8 Å². The van der Waals surface area contributed by atoms with E-state index in [1.54, 1.807) is 12.1 Å². The van der Waals surface area contributed by atoms with Crippen molar-refractivity contribution in [1.29, 1.82) is 0 Å². The summed E-state index contributed by atoms with van der Waals surface area (Å²) in [4.78, 5) is 23.7. The molecule has 1 heterocycles. The third-order valence-corrected chi connectivity index (χ3v) is 3.47. The highest BCUT2D eigenvalue weighted by atomic mass is 35.5. The summed E-state index contributed by atoms with van der Waals surface area (Å²) < 4.78 is 11.2. The lowest BCUT2D eigenvalue weighted by molar-refractivity contribution is -0.126. The first-order valence-electron chi connectivity index (χ1n) is 7.90. The number of hydrogen-bond donors (Lipinski definition) is 2. The van der Waals surface area contributed by atoms with E-state index in [9.17, 15) is 9.59 Å². The third kappa shape index (κ3) is 5.60. The van der Waals surface area contributed by atoms with Crippen LogP contribution in [-0.2, 0) is 16.0 Å². The van der Waals surface area contributed by atoms with E-state index in [2.05, 4.69) is 10.6 Å². The van der Waals surface area contributed by atoms with Gasteiger partial charge in [-0.15, -0.1) is 0 Å². The topological polar surface area (TPSA) is 76.7 Å². The van der Waals surface area contributed by atoms with E-state index >= 15 is 0 Å². The monoisotopic (exact) mass is 354 g/mol. The number of carbonyl (C=O) groups excluding carboxylic acids is 2. The van der Waals surface area contributed by atoms with E-state index < -0.39 is 0 Å². The molecule has 24 heavy (non-hydrogen) atoms. The van der Waals surface area contributed by atoms with Gasteiger partial charge in [-0.05, 0) is 38.5 Å². The second kappa shape index (κ2) is 7.75. The summed E-state index contributed by atoms with van der Waals surface area (Å²) in [7, 11) is 0. The van der Waals surface area contributed by atoms with Gasteiger partial charge in [0.15, 0.2) is 11.5 Å². The smallest absolute Gasteiger partial charge is 0.239 e. The number of fused-ring (bicyclic) bond motifs is 1. The molecule has 0 fully saturated rings. The lowest BCUT2D eigenvalue weighted by Gasteiger charge is -2.20. The molecule has 0 aromatic heterocycles. The van der Waals surface area contributed by atoms with Gasteiger partial charge in [0, 0.05) is 12.0 Å². The van der Waals surface area contributed by atoms with Gasteiger partial charge in [-0.1, -0.05) is 11.6 Å². The Morgan fingerprint density at radius 2 is 1.88 bits per heavy atom. The molecule has 2 N–H and O–H groups in total. The first-order valence-corrected chi connectivity index (χ1v) is 8.28. The Bertz CT molecular complexity index is 626. The quantitative estimate of drug-likeness (QED) is 0.867. The first-order chi connectivity index (χ1) is 11.2. The first kappa shape index (κ1) is 18.4. The number of amides is 2. The van der Waals surface area contributed by atoms with Crippen LogP contribution in [-0.4, -0.2) is 37.1 Å². The van der Waals surface area contributed by atoms with Gasteiger partial charge in [0.1, 0.15) is 0 Å². The van der Waals surface area contributed by atoms with Gasteiger partial charge in [-0.3, -0.25) is 9.59 Å². The lowest BCUT2D eigenvalue weighted by Crippen LogP contribution is -2.46. The van der Waals surface area contributed by atoms with Crippen molar-refractivity contribution in [3.8, 4) is 11.5 Å². The molecule has 0 unspecified atom stereocenters. The van der Waals surface area contributed by atoms with Crippen molar-refractivity contribution in [2.24, 2.45) is 0 Å². The predicted molar refractivity (Wildman–Crippen MR) is 91.7 cm³/mol. The molecule has 0 saturated heterocycles. The van der Waals surface area contributed by atoms with Gasteiger partial charge in [-0.25, -0.2) is 0 Å². The zero-order valence-corrected chi connectivity index (χ0v) is 15.0. The van der Waals surface area contributed by atoms with Crippen LogP contribution in [0.5, 0.6) is 11.5 Å². The molecule has 0 spiro atoms. The van der Waals surface area contributed by atoms with Crippen LogP contribution in [0.1, 0.15) is 32.8 Å². The normalized spacial score (nSPS) is 13.8. The molecular formula is C17H23ClN2O4. The molecule has 0 saturated carbocycles. The molecule has 132 valence electrons. The average Bonchev–Trinajstić information content (AvgIpc) is 2.69. The summed E-state index contributed by atoms with van der Waals surface area (Å²) in [6.07, 6.45) is 0.892. The van der Waals surface area contributed by atoms with Crippen molar-refractivity contribution in [2.45, 2.75) is 39.2 Å². The van der Waals surface area contributed by atoms with Gasteiger partial charge >= 0.3 is 0 Å². The van der Waals surface area contributed by atoms with Crippen molar-refractivity contribution >= 4 is 23.4 Å². The van der Waals surface area contributed by atoms with Crippen molar-refractivity contribution in [3.05, 3.63) is 22.7 Å². The predicted octanol–water partition coefficient (Wildman–Crippen LogP) is 2.07. The SMILES string of the molecule is CC(C)(C)NC(=O)CNC(=O)Cc1cc(Cl)c2c(c1)OCCCO2. The van der Waals surface area contributed by atoms with E-state index in [1.165, 1.54) is 0 Å². The van der Waals surface area contributed by atoms with E-state index in [0.29, 0.717) is 35.3 Å². The Balaban J connectivity index is 1.93. The zero-order valence-electron chi connectivity index (χ0n) is 14.2. The molecule has 1 aromatic carbocycles. The van der Waals surface area contributed by atoms with Crippen LogP contribution in [0.15, 0.2) is 12.1 Å². The lowest BCUT2D eigenvalue weighted by atomic mass is 10.1. The number of halogens is 1. The van der Waals surface area contributed by atoms with Gasteiger partial charge < -0.3 is 20.1 Å². The molecule has 0 radical (unpaired) electrons. The second-order valence-corrected chi connectivity index (χ2v) is 7.11. The number of rotatable bonds is 4. The molecule has 6 nitrogen and oxygen atoms in total. The molecule has 1 aliphatic heterocycles.